The fraction of sp³-hybridized carbons (Fsp3) is 0.955. The van der Waals surface area contributed by atoms with Crippen molar-refractivity contribution in [2.45, 2.75) is 122 Å². The van der Waals surface area contributed by atoms with Gasteiger partial charge in [-0.15, -0.1) is 0 Å². The van der Waals surface area contributed by atoms with E-state index in [1.165, 1.54) is 103 Å². The van der Waals surface area contributed by atoms with Crippen LogP contribution in [0.25, 0.3) is 0 Å². The lowest BCUT2D eigenvalue weighted by Crippen LogP contribution is -2.07. The Morgan fingerprint density at radius 1 is 0.600 bits per heavy atom. The van der Waals surface area contributed by atoms with Crippen LogP contribution in [-0.4, -0.2) is 24.3 Å². The van der Waals surface area contributed by atoms with Crippen LogP contribution in [0, 0.1) is 0 Å². The van der Waals surface area contributed by atoms with Gasteiger partial charge in [0.1, 0.15) is 6.61 Å². The zero-order valence-electron chi connectivity index (χ0n) is 16.9. The van der Waals surface area contributed by atoms with E-state index < -0.39 is 5.97 Å². The lowest BCUT2D eigenvalue weighted by molar-refractivity contribution is -0.142. The van der Waals surface area contributed by atoms with Gasteiger partial charge in [0.05, 0.1) is 0 Å². The SMILES string of the molecule is CCCCCCCCCCCCCCCCCCCCOCC(=O)O. The number of hydrogen-bond acceptors (Lipinski definition) is 2. The molecule has 25 heavy (non-hydrogen) atoms. The Kier molecular flexibility index (Phi) is 21.0. The first-order valence-corrected chi connectivity index (χ1v) is 11.1. The summed E-state index contributed by atoms with van der Waals surface area (Å²) in [6.07, 6.45) is 24.6. The van der Waals surface area contributed by atoms with Crippen LogP contribution in [0.15, 0.2) is 0 Å². The van der Waals surface area contributed by atoms with Crippen molar-refractivity contribution in [3.63, 3.8) is 0 Å². The third kappa shape index (κ3) is 23.4. The molecule has 0 aromatic carbocycles. The van der Waals surface area contributed by atoms with Crippen LogP contribution in [0.2, 0.25) is 0 Å². The molecule has 0 aliphatic carbocycles. The molecule has 150 valence electrons. The number of hydrogen-bond donors (Lipinski definition) is 1. The molecule has 3 nitrogen and oxygen atoms in total. The molecular weight excluding hydrogens is 312 g/mol. The second-order valence-electron chi connectivity index (χ2n) is 7.46. The van der Waals surface area contributed by atoms with Crippen molar-refractivity contribution in [2.24, 2.45) is 0 Å². The maximum atomic E-state index is 10.3. The van der Waals surface area contributed by atoms with Crippen LogP contribution in [-0.2, 0) is 9.53 Å². The summed E-state index contributed by atoms with van der Waals surface area (Å²) in [5.74, 6) is -0.873. The van der Waals surface area contributed by atoms with E-state index in [0.717, 1.165) is 12.8 Å². The number of unbranched alkanes of at least 4 members (excludes halogenated alkanes) is 17. The first-order chi connectivity index (χ1) is 12.3. The number of ether oxygens (including phenoxy) is 1. The van der Waals surface area contributed by atoms with Crippen molar-refractivity contribution in [3.05, 3.63) is 0 Å². The van der Waals surface area contributed by atoms with Crippen LogP contribution in [0.1, 0.15) is 122 Å². The molecule has 0 bridgehead atoms. The lowest BCUT2D eigenvalue weighted by Gasteiger charge is -2.04. The van der Waals surface area contributed by atoms with E-state index in [9.17, 15) is 4.79 Å². The minimum Gasteiger partial charge on any atom is -0.480 e. The monoisotopic (exact) mass is 356 g/mol. The Labute approximate surface area is 156 Å². The van der Waals surface area contributed by atoms with Crippen molar-refractivity contribution in [3.8, 4) is 0 Å². The Bertz CT molecular complexity index is 266. The van der Waals surface area contributed by atoms with Gasteiger partial charge < -0.3 is 9.84 Å². The molecule has 0 saturated carbocycles. The van der Waals surface area contributed by atoms with E-state index >= 15 is 0 Å². The molecule has 0 rings (SSSR count). The fourth-order valence-corrected chi connectivity index (χ4v) is 3.27. The molecule has 0 amide bonds. The van der Waals surface area contributed by atoms with Gasteiger partial charge in [0, 0.05) is 6.61 Å². The summed E-state index contributed by atoms with van der Waals surface area (Å²) >= 11 is 0. The largest absolute Gasteiger partial charge is 0.480 e. The smallest absolute Gasteiger partial charge is 0.329 e. The van der Waals surface area contributed by atoms with Gasteiger partial charge in [0.2, 0.25) is 0 Å². The predicted molar refractivity (Wildman–Crippen MR) is 107 cm³/mol. The Morgan fingerprint density at radius 3 is 1.24 bits per heavy atom. The molecule has 0 atom stereocenters. The van der Waals surface area contributed by atoms with Gasteiger partial charge >= 0.3 is 5.97 Å². The molecule has 0 spiro atoms. The molecule has 0 fully saturated rings. The van der Waals surface area contributed by atoms with Crippen LogP contribution in [0.3, 0.4) is 0 Å². The highest BCUT2D eigenvalue weighted by Crippen LogP contribution is 2.14. The van der Waals surface area contributed by atoms with Gasteiger partial charge in [-0.1, -0.05) is 116 Å². The van der Waals surface area contributed by atoms with Crippen molar-refractivity contribution in [2.75, 3.05) is 13.2 Å². The fourth-order valence-electron chi connectivity index (χ4n) is 3.27. The van der Waals surface area contributed by atoms with E-state index in [1.54, 1.807) is 0 Å². The van der Waals surface area contributed by atoms with Crippen molar-refractivity contribution < 1.29 is 14.6 Å². The zero-order valence-corrected chi connectivity index (χ0v) is 16.9. The molecule has 0 saturated heterocycles. The molecule has 0 unspecified atom stereocenters. The van der Waals surface area contributed by atoms with E-state index in [4.69, 9.17) is 9.84 Å². The summed E-state index contributed by atoms with van der Waals surface area (Å²) in [5.41, 5.74) is 0. The molecule has 0 aliphatic rings. The standard InChI is InChI=1S/C22H44O3/c1-2-3-4-5-6-7-8-9-10-11-12-13-14-15-16-17-18-19-20-25-21-22(23)24/h2-21H2,1H3,(H,23,24). The van der Waals surface area contributed by atoms with Crippen LogP contribution >= 0.6 is 0 Å². The highest BCUT2D eigenvalue weighted by Gasteiger charge is 1.97. The number of aliphatic carboxylic acids is 1. The Balaban J connectivity index is 2.97. The zero-order chi connectivity index (χ0) is 18.4. The molecule has 0 radical (unpaired) electrons. The predicted octanol–water partition coefficient (Wildman–Crippen LogP) is 7.13. The topological polar surface area (TPSA) is 46.5 Å². The maximum absolute atomic E-state index is 10.3. The number of carbonyl (C=O) groups is 1. The van der Waals surface area contributed by atoms with Crippen LogP contribution < -0.4 is 0 Å². The minimum atomic E-state index is -0.873. The van der Waals surface area contributed by atoms with Crippen molar-refractivity contribution in [1.82, 2.24) is 0 Å². The first kappa shape index (κ1) is 24.4. The third-order valence-corrected chi connectivity index (χ3v) is 4.87. The number of carboxylic acid groups (broad SMARTS) is 1. The number of rotatable bonds is 21. The minimum absolute atomic E-state index is 0.154. The second-order valence-corrected chi connectivity index (χ2v) is 7.46. The molecule has 0 aromatic heterocycles. The molecular formula is C22H44O3. The van der Waals surface area contributed by atoms with E-state index in [2.05, 4.69) is 6.92 Å². The van der Waals surface area contributed by atoms with Gasteiger partial charge in [-0.2, -0.15) is 0 Å². The molecule has 3 heteroatoms. The van der Waals surface area contributed by atoms with Crippen molar-refractivity contribution >= 4 is 5.97 Å². The summed E-state index contributed by atoms with van der Waals surface area (Å²) in [4.78, 5) is 10.3. The lowest BCUT2D eigenvalue weighted by atomic mass is 10.0. The Morgan fingerprint density at radius 2 is 0.920 bits per heavy atom. The molecule has 0 aliphatic heterocycles. The first-order valence-electron chi connectivity index (χ1n) is 11.1. The van der Waals surface area contributed by atoms with Gasteiger partial charge in [0.25, 0.3) is 0 Å². The summed E-state index contributed by atoms with van der Waals surface area (Å²) < 4.78 is 5.02. The van der Waals surface area contributed by atoms with Gasteiger partial charge in [0.15, 0.2) is 0 Å². The summed E-state index contributed by atoms with van der Waals surface area (Å²) in [5, 5.41) is 8.44. The molecule has 1 N–H and O–H groups in total. The normalized spacial score (nSPS) is 11.1. The summed E-state index contributed by atoms with van der Waals surface area (Å²) in [6.45, 7) is 2.72. The highest BCUT2D eigenvalue weighted by atomic mass is 16.5. The van der Waals surface area contributed by atoms with E-state index in [0.29, 0.717) is 6.61 Å². The van der Waals surface area contributed by atoms with E-state index in [-0.39, 0.29) is 6.61 Å². The van der Waals surface area contributed by atoms with Gasteiger partial charge in [-0.25, -0.2) is 4.79 Å². The van der Waals surface area contributed by atoms with Crippen molar-refractivity contribution in [1.29, 1.82) is 0 Å². The molecule has 0 aromatic rings. The average Bonchev–Trinajstić information content (AvgIpc) is 2.60. The van der Waals surface area contributed by atoms with Crippen LogP contribution in [0.4, 0.5) is 0 Å². The maximum Gasteiger partial charge on any atom is 0.329 e. The summed E-state index contributed by atoms with van der Waals surface area (Å²) in [7, 11) is 0. The quantitative estimate of drug-likeness (QED) is 0.222. The van der Waals surface area contributed by atoms with Gasteiger partial charge in [-0.3, -0.25) is 0 Å². The van der Waals surface area contributed by atoms with Crippen LogP contribution in [0.5, 0.6) is 0 Å². The highest BCUT2D eigenvalue weighted by molar-refractivity contribution is 5.67. The third-order valence-electron chi connectivity index (χ3n) is 4.87. The number of carboxylic acids is 1. The average molecular weight is 357 g/mol. The Hall–Kier alpha value is -0.570. The molecule has 0 heterocycles. The second kappa shape index (κ2) is 21.5. The van der Waals surface area contributed by atoms with Gasteiger partial charge in [-0.05, 0) is 6.42 Å². The summed E-state index contributed by atoms with van der Waals surface area (Å²) in [6, 6.07) is 0. The van der Waals surface area contributed by atoms with E-state index in [1.807, 2.05) is 0 Å².